The van der Waals surface area contributed by atoms with Crippen LogP contribution in [-0.4, -0.2) is 13.1 Å². The predicted octanol–water partition coefficient (Wildman–Crippen LogP) is 13.8. The minimum absolute atomic E-state index is 0.0415. The molecule has 8 aromatic carbocycles. The monoisotopic (exact) mass is 708 g/mol. The number of anilines is 4. The number of hydrogen-bond acceptors (Lipinski definition) is 2. The van der Waals surface area contributed by atoms with E-state index in [-0.39, 0.29) is 5.41 Å². The molecule has 2 nitrogen and oxygen atoms in total. The fraction of sp³-hybridized carbons (Fsp3) is 0.170. The zero-order valence-electron chi connectivity index (χ0n) is 31.6. The van der Waals surface area contributed by atoms with Crippen LogP contribution in [0.3, 0.4) is 0 Å². The summed E-state index contributed by atoms with van der Waals surface area (Å²) < 4.78 is 0. The second-order valence-electron chi connectivity index (χ2n) is 16.3. The van der Waals surface area contributed by atoms with Crippen molar-refractivity contribution >= 4 is 44.3 Å². The third-order valence-electron chi connectivity index (χ3n) is 12.9. The topological polar surface area (TPSA) is 6.48 Å². The van der Waals surface area contributed by atoms with Gasteiger partial charge in [0.2, 0.25) is 0 Å². The third kappa shape index (κ3) is 5.01. The number of nitrogens with zero attached hydrogens (tertiary/aromatic N) is 2. The van der Waals surface area contributed by atoms with Crippen molar-refractivity contribution in [3.05, 3.63) is 180 Å². The van der Waals surface area contributed by atoms with Crippen LogP contribution in [0.1, 0.15) is 48.9 Å². The van der Waals surface area contributed by atoms with Gasteiger partial charge in [0.25, 0.3) is 0 Å². The molecule has 0 N–H and O–H groups in total. The highest BCUT2D eigenvalue weighted by molar-refractivity contribution is 6.22. The van der Waals surface area contributed by atoms with Crippen LogP contribution >= 0.6 is 0 Å². The van der Waals surface area contributed by atoms with E-state index in [0.717, 1.165) is 38.8 Å². The molecule has 0 aromatic heterocycles. The van der Waals surface area contributed by atoms with Gasteiger partial charge in [0.1, 0.15) is 0 Å². The van der Waals surface area contributed by atoms with Gasteiger partial charge in [0, 0.05) is 41.3 Å². The molecule has 0 fully saturated rings. The van der Waals surface area contributed by atoms with Crippen LogP contribution < -0.4 is 9.80 Å². The standard InChI is InChI=1S/C53H44N2/c1-53(2)47-21-9-8-20-41(47)44-32-38(24-29-48(44)53)52-43-28-26-39(54-30-12-18-35-14-6-10-22-49(35)54)33-45(43)51(37-16-4-3-5-17-37)42-27-25-40(34-46(42)52)55-31-13-19-36-15-7-11-23-50(36)55/h3-11,14-17,20-29,32-34H,12-13,18-19,30-31H2,1-2H3. The Labute approximate surface area is 324 Å². The molecule has 0 spiro atoms. The smallest absolute Gasteiger partial charge is 0.0443 e. The molecule has 0 atom stereocenters. The molecule has 0 saturated heterocycles. The molecule has 0 amide bonds. The molecule has 0 unspecified atom stereocenters. The Hall–Kier alpha value is -6.12. The van der Waals surface area contributed by atoms with Gasteiger partial charge in [-0.2, -0.15) is 0 Å². The van der Waals surface area contributed by atoms with Crippen molar-refractivity contribution in [2.24, 2.45) is 0 Å². The molecule has 0 radical (unpaired) electrons. The van der Waals surface area contributed by atoms with Crippen molar-refractivity contribution in [1.82, 2.24) is 0 Å². The van der Waals surface area contributed by atoms with Crippen LogP contribution in [-0.2, 0) is 18.3 Å². The molecular formula is C53H44N2. The van der Waals surface area contributed by atoms with Crippen molar-refractivity contribution in [3.63, 3.8) is 0 Å². The Morgan fingerprint density at radius 1 is 0.418 bits per heavy atom. The quantitative estimate of drug-likeness (QED) is 0.168. The van der Waals surface area contributed by atoms with Crippen molar-refractivity contribution in [1.29, 1.82) is 0 Å². The van der Waals surface area contributed by atoms with E-state index in [4.69, 9.17) is 0 Å². The third-order valence-corrected chi connectivity index (χ3v) is 12.9. The Morgan fingerprint density at radius 3 is 1.58 bits per heavy atom. The lowest BCUT2D eigenvalue weighted by atomic mass is 9.81. The van der Waals surface area contributed by atoms with Gasteiger partial charge in [-0.3, -0.25) is 0 Å². The summed E-state index contributed by atoms with van der Waals surface area (Å²) in [4.78, 5) is 5.09. The molecule has 2 aliphatic heterocycles. The first-order chi connectivity index (χ1) is 27.0. The summed E-state index contributed by atoms with van der Waals surface area (Å²) in [5.41, 5.74) is 18.7. The van der Waals surface area contributed by atoms with Crippen LogP contribution in [0.2, 0.25) is 0 Å². The van der Waals surface area contributed by atoms with E-state index >= 15 is 0 Å². The second kappa shape index (κ2) is 12.5. The van der Waals surface area contributed by atoms with Crippen LogP contribution in [0.15, 0.2) is 158 Å². The number of rotatable bonds is 4. The van der Waals surface area contributed by atoms with Gasteiger partial charge < -0.3 is 9.80 Å². The van der Waals surface area contributed by atoms with Crippen molar-refractivity contribution < 1.29 is 0 Å². The minimum Gasteiger partial charge on any atom is -0.341 e. The molecule has 3 aliphatic rings. The zero-order valence-corrected chi connectivity index (χ0v) is 31.6. The molecule has 2 heteroatoms. The minimum atomic E-state index is -0.0415. The number of fused-ring (bicyclic) bond motifs is 7. The first kappa shape index (κ1) is 32.3. The number of hydrogen-bond donors (Lipinski definition) is 0. The molecule has 0 saturated carbocycles. The fourth-order valence-corrected chi connectivity index (χ4v) is 10.2. The van der Waals surface area contributed by atoms with E-state index < -0.39 is 0 Å². The Morgan fingerprint density at radius 2 is 0.945 bits per heavy atom. The summed E-state index contributed by atoms with van der Waals surface area (Å²) in [6.45, 7) is 6.78. The molecule has 266 valence electrons. The zero-order chi connectivity index (χ0) is 36.7. The highest BCUT2D eigenvalue weighted by atomic mass is 15.1. The summed E-state index contributed by atoms with van der Waals surface area (Å²) in [5.74, 6) is 0. The SMILES string of the molecule is CC1(C)c2ccccc2-c2cc(-c3c4ccc(N5CCCc6ccccc65)cc4c(-c4ccccc4)c4ccc(N5CCCc6ccccc65)cc34)ccc21. The van der Waals surface area contributed by atoms with E-state index in [0.29, 0.717) is 0 Å². The fourth-order valence-electron chi connectivity index (χ4n) is 10.2. The Bertz CT molecular complexity index is 2810. The van der Waals surface area contributed by atoms with Gasteiger partial charge >= 0.3 is 0 Å². The maximum absolute atomic E-state index is 2.55. The predicted molar refractivity (Wildman–Crippen MR) is 233 cm³/mol. The molecule has 2 heterocycles. The lowest BCUT2D eigenvalue weighted by molar-refractivity contribution is 0.660. The molecular weight excluding hydrogens is 665 g/mol. The van der Waals surface area contributed by atoms with E-state index in [9.17, 15) is 0 Å². The summed E-state index contributed by atoms with van der Waals surface area (Å²) in [6, 6.07) is 59.9. The van der Waals surface area contributed by atoms with E-state index in [2.05, 4.69) is 181 Å². The van der Waals surface area contributed by atoms with Gasteiger partial charge in [-0.25, -0.2) is 0 Å². The average Bonchev–Trinajstić information content (AvgIpc) is 3.47. The summed E-state index contributed by atoms with van der Waals surface area (Å²) >= 11 is 0. The van der Waals surface area contributed by atoms with Gasteiger partial charge in [-0.15, -0.1) is 0 Å². The summed E-state index contributed by atoms with van der Waals surface area (Å²) in [7, 11) is 0. The van der Waals surface area contributed by atoms with Crippen LogP contribution in [0.4, 0.5) is 22.7 Å². The van der Waals surface area contributed by atoms with Gasteiger partial charge in [0.05, 0.1) is 0 Å². The highest BCUT2D eigenvalue weighted by Gasteiger charge is 2.35. The highest BCUT2D eigenvalue weighted by Crippen LogP contribution is 2.52. The summed E-state index contributed by atoms with van der Waals surface area (Å²) in [5, 5.41) is 5.18. The first-order valence-corrected chi connectivity index (χ1v) is 20.1. The average molecular weight is 709 g/mol. The van der Waals surface area contributed by atoms with Crippen LogP contribution in [0.25, 0.3) is 54.9 Å². The van der Waals surface area contributed by atoms with Crippen molar-refractivity contribution in [2.45, 2.75) is 44.9 Å². The molecule has 8 aromatic rings. The van der Waals surface area contributed by atoms with E-state index in [1.54, 1.807) is 0 Å². The maximum atomic E-state index is 2.55. The lowest BCUT2D eigenvalue weighted by Crippen LogP contribution is -2.24. The van der Waals surface area contributed by atoms with Gasteiger partial charge in [0.15, 0.2) is 0 Å². The molecule has 0 bridgehead atoms. The number of aryl methyl sites for hydroxylation is 2. The normalized spacial score (nSPS) is 15.5. The number of para-hydroxylation sites is 2. The van der Waals surface area contributed by atoms with Crippen LogP contribution in [0, 0.1) is 0 Å². The van der Waals surface area contributed by atoms with Gasteiger partial charge in [-0.1, -0.05) is 129 Å². The molecule has 11 rings (SSSR count). The first-order valence-electron chi connectivity index (χ1n) is 20.1. The van der Waals surface area contributed by atoms with Crippen LogP contribution in [0.5, 0.6) is 0 Å². The lowest BCUT2D eigenvalue weighted by Gasteiger charge is -2.32. The Kier molecular flexibility index (Phi) is 7.33. The maximum Gasteiger partial charge on any atom is 0.0443 e. The largest absolute Gasteiger partial charge is 0.341 e. The Balaban J connectivity index is 1.22. The number of benzene rings is 8. The van der Waals surface area contributed by atoms with E-state index in [1.165, 1.54) is 99.9 Å². The van der Waals surface area contributed by atoms with Crippen molar-refractivity contribution in [2.75, 3.05) is 22.9 Å². The second-order valence-corrected chi connectivity index (χ2v) is 16.3. The van der Waals surface area contributed by atoms with Crippen molar-refractivity contribution in [3.8, 4) is 33.4 Å². The molecule has 1 aliphatic carbocycles. The molecule has 55 heavy (non-hydrogen) atoms. The van der Waals surface area contributed by atoms with E-state index in [1.807, 2.05) is 0 Å². The summed E-state index contributed by atoms with van der Waals surface area (Å²) in [6.07, 6.45) is 4.56. The van der Waals surface area contributed by atoms with Gasteiger partial charge in [-0.05, 0) is 145 Å².